The van der Waals surface area contributed by atoms with E-state index in [9.17, 15) is 14.7 Å². The highest BCUT2D eigenvalue weighted by atomic mass is 16.5. The highest BCUT2D eigenvalue weighted by Crippen LogP contribution is 2.60. The molecular weight excluding hydrogens is 516 g/mol. The number of hydrogen-bond acceptors (Lipinski definition) is 5. The van der Waals surface area contributed by atoms with Crippen LogP contribution in [0, 0.1) is 11.8 Å². The lowest BCUT2D eigenvalue weighted by Gasteiger charge is -2.38. The van der Waals surface area contributed by atoms with Gasteiger partial charge in [-0.15, -0.1) is 6.58 Å². The molecule has 41 heavy (non-hydrogen) atoms. The largest absolute Gasteiger partial charge is 0.497 e. The molecule has 4 atom stereocenters. The summed E-state index contributed by atoms with van der Waals surface area (Å²) >= 11 is 0. The van der Waals surface area contributed by atoms with Crippen molar-refractivity contribution in [3.8, 4) is 5.75 Å². The van der Waals surface area contributed by atoms with Crippen molar-refractivity contribution in [2.24, 2.45) is 11.8 Å². The Hall–Kier alpha value is -3.94. The number of methoxy groups -OCH3 is 1. The average molecular weight is 555 g/mol. The third-order valence-electron chi connectivity index (χ3n) is 8.96. The lowest BCUT2D eigenvalue weighted by Crippen LogP contribution is -2.46. The third kappa shape index (κ3) is 4.53. The summed E-state index contributed by atoms with van der Waals surface area (Å²) in [5.74, 6) is 0.261. The molecule has 1 spiro atoms. The molecule has 0 aliphatic carbocycles. The van der Waals surface area contributed by atoms with E-state index in [0.29, 0.717) is 18.7 Å². The average Bonchev–Trinajstić information content (AvgIpc) is 3.41. The van der Waals surface area contributed by atoms with Crippen LogP contribution in [0.5, 0.6) is 5.75 Å². The number of aliphatic hydroxyl groups excluding tert-OH is 1. The SMILES string of the molecule is C=CCN1C(=O)[C@]2(O[C@H](CCO)[C@@H](C(C)(C)c3ccc(OC)cc3)[C@@H]2C)c2cc(N(C=O)c3ccccc3)ccc21. The van der Waals surface area contributed by atoms with Gasteiger partial charge in [0.15, 0.2) is 5.60 Å². The summed E-state index contributed by atoms with van der Waals surface area (Å²) in [6.07, 6.45) is 2.50. The van der Waals surface area contributed by atoms with E-state index in [1.807, 2.05) is 60.7 Å². The number of aliphatic hydroxyl groups is 1. The number of rotatable bonds is 10. The number of fused-ring (bicyclic) bond motifs is 2. The van der Waals surface area contributed by atoms with E-state index in [-0.39, 0.29) is 30.5 Å². The van der Waals surface area contributed by atoms with Gasteiger partial charge in [0.2, 0.25) is 6.41 Å². The van der Waals surface area contributed by atoms with E-state index >= 15 is 0 Å². The van der Waals surface area contributed by atoms with Crippen molar-refractivity contribution in [3.05, 3.63) is 96.6 Å². The van der Waals surface area contributed by atoms with Crippen LogP contribution in [0.1, 0.15) is 38.3 Å². The Kier molecular flexibility index (Phi) is 7.77. The first-order valence-electron chi connectivity index (χ1n) is 14.0. The maximum absolute atomic E-state index is 14.4. The smallest absolute Gasteiger partial charge is 0.264 e. The van der Waals surface area contributed by atoms with Crippen molar-refractivity contribution >= 4 is 29.4 Å². The van der Waals surface area contributed by atoms with Gasteiger partial charge in [-0.3, -0.25) is 14.5 Å². The molecule has 0 unspecified atom stereocenters. The molecule has 0 saturated carbocycles. The third-order valence-corrected chi connectivity index (χ3v) is 8.96. The van der Waals surface area contributed by atoms with Crippen LogP contribution in [0.2, 0.25) is 0 Å². The molecule has 0 aromatic heterocycles. The molecule has 214 valence electrons. The van der Waals surface area contributed by atoms with Gasteiger partial charge in [-0.25, -0.2) is 0 Å². The second kappa shape index (κ2) is 11.1. The number of nitrogens with zero attached hydrogens (tertiary/aromatic N) is 2. The standard InChI is InChI=1S/C34H38N2O5/c1-6-19-35-29-17-14-26(36(22-38)25-10-8-7-9-11-25)21-28(29)34(32(35)39)23(2)31(30(41-34)18-20-37)33(3,4)24-12-15-27(40-5)16-13-24/h6-17,21-23,30-31,37H,1,18-20H2,2-5H3/t23-,30+,31-,34+/m0/s1. The van der Waals surface area contributed by atoms with Gasteiger partial charge in [-0.05, 0) is 59.9 Å². The molecule has 1 N–H and O–H groups in total. The second-order valence-corrected chi connectivity index (χ2v) is 11.4. The molecular formula is C34H38N2O5. The highest BCUT2D eigenvalue weighted by Gasteiger charge is 2.65. The Morgan fingerprint density at radius 1 is 1.10 bits per heavy atom. The zero-order chi connectivity index (χ0) is 29.4. The predicted octanol–water partition coefficient (Wildman–Crippen LogP) is 5.73. The molecule has 7 heteroatoms. The minimum Gasteiger partial charge on any atom is -0.497 e. The van der Waals surface area contributed by atoms with Crippen molar-refractivity contribution in [1.82, 2.24) is 0 Å². The van der Waals surface area contributed by atoms with Gasteiger partial charge < -0.3 is 19.5 Å². The number of benzene rings is 3. The van der Waals surface area contributed by atoms with Crippen LogP contribution >= 0.6 is 0 Å². The molecule has 7 nitrogen and oxygen atoms in total. The molecule has 1 fully saturated rings. The number of hydrogen-bond donors (Lipinski definition) is 1. The number of amides is 2. The first-order valence-corrected chi connectivity index (χ1v) is 14.0. The van der Waals surface area contributed by atoms with Gasteiger partial charge in [-0.2, -0.15) is 0 Å². The molecule has 0 bridgehead atoms. The quantitative estimate of drug-likeness (QED) is 0.256. The second-order valence-electron chi connectivity index (χ2n) is 11.4. The molecule has 2 amide bonds. The van der Waals surface area contributed by atoms with E-state index in [1.54, 1.807) is 23.0 Å². The molecule has 2 aliphatic rings. The fraction of sp³-hybridized carbons (Fsp3) is 0.353. The van der Waals surface area contributed by atoms with Crippen molar-refractivity contribution in [1.29, 1.82) is 0 Å². The van der Waals surface area contributed by atoms with Crippen LogP contribution < -0.4 is 14.5 Å². The van der Waals surface area contributed by atoms with Gasteiger partial charge >= 0.3 is 0 Å². The summed E-state index contributed by atoms with van der Waals surface area (Å²) < 4.78 is 12.3. The normalized spacial score (nSPS) is 23.5. The molecule has 5 rings (SSSR count). The Labute approximate surface area is 242 Å². The summed E-state index contributed by atoms with van der Waals surface area (Å²) in [6, 6.07) is 23.0. The van der Waals surface area contributed by atoms with Gasteiger partial charge in [0.05, 0.1) is 18.9 Å². The van der Waals surface area contributed by atoms with Gasteiger partial charge in [0.25, 0.3) is 5.91 Å². The van der Waals surface area contributed by atoms with Crippen LogP contribution in [0.25, 0.3) is 0 Å². The number of carbonyl (C=O) groups is 2. The molecule has 0 radical (unpaired) electrons. The molecule has 3 aromatic carbocycles. The first kappa shape index (κ1) is 28.6. The Morgan fingerprint density at radius 3 is 2.41 bits per heavy atom. The van der Waals surface area contributed by atoms with Crippen LogP contribution in [0.15, 0.2) is 85.5 Å². The summed E-state index contributed by atoms with van der Waals surface area (Å²) in [4.78, 5) is 30.0. The van der Waals surface area contributed by atoms with E-state index in [0.717, 1.165) is 34.7 Å². The summed E-state index contributed by atoms with van der Waals surface area (Å²) in [5.41, 5.74) is 2.25. The zero-order valence-electron chi connectivity index (χ0n) is 24.1. The number of anilines is 3. The zero-order valence-corrected chi connectivity index (χ0v) is 24.1. The van der Waals surface area contributed by atoms with Crippen LogP contribution in [0.3, 0.4) is 0 Å². The van der Waals surface area contributed by atoms with Crippen molar-refractivity contribution in [2.75, 3.05) is 30.1 Å². The lowest BCUT2D eigenvalue weighted by atomic mass is 9.63. The van der Waals surface area contributed by atoms with Gasteiger partial charge in [-0.1, -0.05) is 57.2 Å². The van der Waals surface area contributed by atoms with E-state index in [1.165, 1.54) is 0 Å². The Bertz CT molecular complexity index is 1420. The molecule has 2 aliphatic heterocycles. The number of para-hydroxylation sites is 1. The predicted molar refractivity (Wildman–Crippen MR) is 161 cm³/mol. The summed E-state index contributed by atoms with van der Waals surface area (Å²) in [5, 5.41) is 10.1. The van der Waals surface area contributed by atoms with Crippen LogP contribution in [0.4, 0.5) is 17.1 Å². The van der Waals surface area contributed by atoms with Crippen molar-refractivity contribution in [2.45, 2.75) is 44.3 Å². The minimum absolute atomic E-state index is 0.0625. The summed E-state index contributed by atoms with van der Waals surface area (Å²) in [6.45, 7) is 10.6. The topological polar surface area (TPSA) is 79.3 Å². The fourth-order valence-electron chi connectivity index (χ4n) is 7.02. The Morgan fingerprint density at radius 2 is 1.80 bits per heavy atom. The molecule has 1 saturated heterocycles. The first-order chi connectivity index (χ1) is 19.7. The van der Waals surface area contributed by atoms with Crippen molar-refractivity contribution in [3.63, 3.8) is 0 Å². The molecule has 2 heterocycles. The maximum Gasteiger partial charge on any atom is 0.264 e. The van der Waals surface area contributed by atoms with E-state index < -0.39 is 11.0 Å². The Balaban J connectivity index is 1.65. The lowest BCUT2D eigenvalue weighted by molar-refractivity contribution is -0.146. The van der Waals surface area contributed by atoms with Crippen molar-refractivity contribution < 1.29 is 24.2 Å². The highest BCUT2D eigenvalue weighted by molar-refractivity contribution is 6.08. The minimum atomic E-state index is -1.28. The monoisotopic (exact) mass is 554 g/mol. The van der Waals surface area contributed by atoms with Crippen LogP contribution in [-0.2, 0) is 25.3 Å². The maximum atomic E-state index is 14.4. The van der Waals surface area contributed by atoms with Crippen LogP contribution in [-0.4, -0.2) is 43.8 Å². The van der Waals surface area contributed by atoms with Gasteiger partial charge in [0.1, 0.15) is 5.75 Å². The molecule has 3 aromatic rings. The number of carbonyl (C=O) groups excluding carboxylic acids is 2. The van der Waals surface area contributed by atoms with Gasteiger partial charge in [0, 0.05) is 41.9 Å². The fourth-order valence-corrected chi connectivity index (χ4v) is 7.02. The van der Waals surface area contributed by atoms with E-state index in [4.69, 9.17) is 9.47 Å². The number of ether oxygens (including phenoxy) is 2. The van der Waals surface area contributed by atoms with E-state index in [2.05, 4.69) is 39.5 Å². The summed E-state index contributed by atoms with van der Waals surface area (Å²) in [7, 11) is 1.64.